The summed E-state index contributed by atoms with van der Waals surface area (Å²) in [5.41, 5.74) is 0.357. The van der Waals surface area contributed by atoms with E-state index in [4.69, 9.17) is 11.6 Å². The van der Waals surface area contributed by atoms with Crippen molar-refractivity contribution < 1.29 is 9.90 Å². The molecule has 1 saturated carbocycles. The molecular weight excluding hydrogens is 292 g/mol. The molecule has 2 N–H and O–H groups in total. The van der Waals surface area contributed by atoms with Crippen LogP contribution in [0.4, 0.5) is 5.82 Å². The second-order valence-electron chi connectivity index (χ2n) is 6.14. The first-order valence-corrected chi connectivity index (χ1v) is 7.79. The van der Waals surface area contributed by atoms with Gasteiger partial charge in [0.05, 0.1) is 6.04 Å². The first kappa shape index (κ1) is 13.3. The molecule has 1 aromatic rings. The fourth-order valence-electron chi connectivity index (χ4n) is 4.06. The van der Waals surface area contributed by atoms with Crippen LogP contribution in [0.5, 0.6) is 0 Å². The number of rotatable bonds is 0. The van der Waals surface area contributed by atoms with Crippen molar-refractivity contribution in [3.63, 3.8) is 0 Å². The first-order chi connectivity index (χ1) is 10.1. The van der Waals surface area contributed by atoms with Crippen LogP contribution in [0, 0.1) is 0 Å². The Morgan fingerprint density at radius 2 is 2.14 bits per heavy atom. The van der Waals surface area contributed by atoms with Gasteiger partial charge in [-0.1, -0.05) is 19.3 Å². The van der Waals surface area contributed by atoms with Crippen molar-refractivity contribution in [1.29, 1.82) is 0 Å². The lowest BCUT2D eigenvalue weighted by atomic mass is 9.77. The number of aliphatic hydroxyl groups is 1. The SMILES string of the molecule is O=C1NC(O)C2Cc3cnc(Cl)nc3N2C12CCCCC2. The maximum absolute atomic E-state index is 12.6. The summed E-state index contributed by atoms with van der Waals surface area (Å²) in [6.45, 7) is 0. The van der Waals surface area contributed by atoms with Crippen LogP contribution < -0.4 is 10.2 Å². The fourth-order valence-corrected chi connectivity index (χ4v) is 4.18. The van der Waals surface area contributed by atoms with E-state index in [0.29, 0.717) is 6.42 Å². The number of anilines is 1. The molecular formula is C14H17ClN4O2. The predicted octanol–water partition coefficient (Wildman–Crippen LogP) is 1.01. The van der Waals surface area contributed by atoms with E-state index in [2.05, 4.69) is 15.3 Å². The normalized spacial score (nSPS) is 30.0. The highest BCUT2D eigenvalue weighted by Crippen LogP contribution is 2.45. The van der Waals surface area contributed by atoms with Gasteiger partial charge in [-0.25, -0.2) is 9.97 Å². The Labute approximate surface area is 127 Å². The topological polar surface area (TPSA) is 78.3 Å². The lowest BCUT2D eigenvalue weighted by Crippen LogP contribution is -2.72. The van der Waals surface area contributed by atoms with E-state index in [1.54, 1.807) is 6.20 Å². The largest absolute Gasteiger partial charge is 0.372 e. The standard InChI is InChI=1S/C14H17ClN4O2/c15-13-16-7-8-6-9-11(20)18-12(21)14(4-2-1-3-5-14)19(9)10(8)17-13/h7,9,11,20H,1-6H2,(H,18,21). The summed E-state index contributed by atoms with van der Waals surface area (Å²) in [7, 11) is 0. The molecule has 6 nitrogen and oxygen atoms in total. The Balaban J connectivity index is 1.85. The average Bonchev–Trinajstić information content (AvgIpc) is 2.86. The highest BCUT2D eigenvalue weighted by atomic mass is 35.5. The summed E-state index contributed by atoms with van der Waals surface area (Å²) in [6, 6.07) is -0.177. The summed E-state index contributed by atoms with van der Waals surface area (Å²) >= 11 is 5.94. The van der Waals surface area contributed by atoms with Gasteiger partial charge in [0.1, 0.15) is 17.6 Å². The molecule has 4 rings (SSSR count). The number of amides is 1. The molecule has 1 aliphatic carbocycles. The Bertz CT molecular complexity index is 603. The number of piperazine rings is 1. The van der Waals surface area contributed by atoms with Gasteiger partial charge in [-0.05, 0) is 24.4 Å². The van der Waals surface area contributed by atoms with E-state index >= 15 is 0 Å². The molecule has 1 aromatic heterocycles. The molecule has 2 unspecified atom stereocenters. The number of nitrogens with zero attached hydrogens (tertiary/aromatic N) is 3. The minimum atomic E-state index is -0.877. The summed E-state index contributed by atoms with van der Waals surface area (Å²) in [4.78, 5) is 23.0. The third kappa shape index (κ3) is 1.78. The van der Waals surface area contributed by atoms with Gasteiger partial charge in [-0.2, -0.15) is 0 Å². The number of fused-ring (bicyclic) bond motifs is 4. The lowest BCUT2D eigenvalue weighted by Gasteiger charge is -2.51. The molecule has 3 aliphatic rings. The Morgan fingerprint density at radius 1 is 1.38 bits per heavy atom. The molecule has 0 radical (unpaired) electrons. The van der Waals surface area contributed by atoms with E-state index in [9.17, 15) is 9.90 Å². The van der Waals surface area contributed by atoms with Gasteiger partial charge in [0.15, 0.2) is 0 Å². The number of nitrogens with one attached hydrogen (secondary N) is 1. The minimum Gasteiger partial charge on any atom is -0.372 e. The maximum atomic E-state index is 12.6. The van der Waals surface area contributed by atoms with Crippen molar-refractivity contribution in [3.8, 4) is 0 Å². The molecule has 3 heterocycles. The third-order valence-electron chi connectivity index (χ3n) is 5.01. The van der Waals surface area contributed by atoms with Crippen molar-refractivity contribution in [2.75, 3.05) is 4.90 Å². The lowest BCUT2D eigenvalue weighted by molar-refractivity contribution is -0.135. The van der Waals surface area contributed by atoms with Crippen LogP contribution in [-0.4, -0.2) is 38.8 Å². The summed E-state index contributed by atoms with van der Waals surface area (Å²) in [5.74, 6) is 0.629. The molecule has 2 aliphatic heterocycles. The highest BCUT2D eigenvalue weighted by Gasteiger charge is 2.56. The molecule has 1 amide bonds. The van der Waals surface area contributed by atoms with Crippen LogP contribution >= 0.6 is 11.6 Å². The third-order valence-corrected chi connectivity index (χ3v) is 5.19. The number of aliphatic hydroxyl groups excluding tert-OH is 1. The van der Waals surface area contributed by atoms with Gasteiger partial charge in [-0.15, -0.1) is 0 Å². The van der Waals surface area contributed by atoms with Gasteiger partial charge in [0, 0.05) is 18.2 Å². The molecule has 112 valence electrons. The minimum absolute atomic E-state index is 0.0893. The first-order valence-electron chi connectivity index (χ1n) is 7.42. The van der Waals surface area contributed by atoms with E-state index in [0.717, 1.165) is 43.5 Å². The Morgan fingerprint density at radius 3 is 2.90 bits per heavy atom. The molecule has 1 saturated heterocycles. The molecule has 0 bridgehead atoms. The summed E-state index contributed by atoms with van der Waals surface area (Å²) in [6.07, 6.45) is 6.23. The molecule has 7 heteroatoms. The Kier molecular flexibility index (Phi) is 2.87. The predicted molar refractivity (Wildman–Crippen MR) is 77.0 cm³/mol. The number of hydrogen-bond acceptors (Lipinski definition) is 5. The second-order valence-corrected chi connectivity index (χ2v) is 6.48. The number of carbonyl (C=O) groups is 1. The second kappa shape index (κ2) is 4.55. The molecule has 21 heavy (non-hydrogen) atoms. The zero-order chi connectivity index (χ0) is 14.6. The Hall–Kier alpha value is -1.40. The average molecular weight is 309 g/mol. The van der Waals surface area contributed by atoms with Crippen molar-refractivity contribution in [1.82, 2.24) is 15.3 Å². The van der Waals surface area contributed by atoms with Crippen molar-refractivity contribution in [3.05, 3.63) is 17.0 Å². The molecule has 2 atom stereocenters. The van der Waals surface area contributed by atoms with Crippen molar-refractivity contribution in [2.45, 2.75) is 56.3 Å². The van der Waals surface area contributed by atoms with Crippen LogP contribution in [0.3, 0.4) is 0 Å². The molecule has 1 spiro atoms. The fraction of sp³-hybridized carbons (Fsp3) is 0.643. The highest BCUT2D eigenvalue weighted by molar-refractivity contribution is 6.28. The van der Waals surface area contributed by atoms with E-state index in [1.807, 2.05) is 4.90 Å². The zero-order valence-corrected chi connectivity index (χ0v) is 12.3. The van der Waals surface area contributed by atoms with E-state index < -0.39 is 11.8 Å². The van der Waals surface area contributed by atoms with Gasteiger partial charge < -0.3 is 15.3 Å². The van der Waals surface area contributed by atoms with Crippen LogP contribution in [-0.2, 0) is 11.2 Å². The summed E-state index contributed by atoms with van der Waals surface area (Å²) in [5, 5.41) is 13.2. The van der Waals surface area contributed by atoms with Crippen LogP contribution in [0.2, 0.25) is 5.28 Å². The smallest absolute Gasteiger partial charge is 0.247 e. The monoisotopic (exact) mass is 308 g/mol. The van der Waals surface area contributed by atoms with Crippen LogP contribution in [0.15, 0.2) is 6.20 Å². The molecule has 2 fully saturated rings. The number of aromatic nitrogens is 2. The van der Waals surface area contributed by atoms with Gasteiger partial charge >= 0.3 is 0 Å². The summed E-state index contributed by atoms with van der Waals surface area (Å²) < 4.78 is 0. The van der Waals surface area contributed by atoms with Gasteiger partial charge in [0.25, 0.3) is 0 Å². The number of hydrogen-bond donors (Lipinski definition) is 2. The van der Waals surface area contributed by atoms with E-state index in [1.165, 1.54) is 0 Å². The number of halogens is 1. The van der Waals surface area contributed by atoms with Crippen molar-refractivity contribution >= 4 is 23.3 Å². The van der Waals surface area contributed by atoms with Crippen molar-refractivity contribution in [2.24, 2.45) is 0 Å². The number of carbonyl (C=O) groups excluding carboxylic acids is 1. The van der Waals surface area contributed by atoms with E-state index in [-0.39, 0.29) is 17.2 Å². The van der Waals surface area contributed by atoms with Gasteiger partial charge in [-0.3, -0.25) is 4.79 Å². The van der Waals surface area contributed by atoms with Crippen LogP contribution in [0.1, 0.15) is 37.7 Å². The quantitative estimate of drug-likeness (QED) is 0.700. The molecule has 0 aromatic carbocycles. The zero-order valence-electron chi connectivity index (χ0n) is 11.5. The van der Waals surface area contributed by atoms with Gasteiger partial charge in [0.2, 0.25) is 11.2 Å². The maximum Gasteiger partial charge on any atom is 0.247 e. The van der Waals surface area contributed by atoms with Crippen LogP contribution in [0.25, 0.3) is 0 Å².